The van der Waals surface area contributed by atoms with Gasteiger partial charge in [0.1, 0.15) is 11.2 Å². The molecule has 2 heterocycles. The van der Waals surface area contributed by atoms with E-state index in [4.69, 9.17) is 0 Å². The van der Waals surface area contributed by atoms with Gasteiger partial charge in [0, 0.05) is 17.8 Å². The summed E-state index contributed by atoms with van der Waals surface area (Å²) in [4.78, 5) is 24.7. The van der Waals surface area contributed by atoms with E-state index in [1.54, 1.807) is 12.1 Å². The number of aldehydes is 1. The Balaban J connectivity index is 1.89. The highest BCUT2D eigenvalue weighted by molar-refractivity contribution is 7.13. The molecule has 1 unspecified atom stereocenters. The van der Waals surface area contributed by atoms with Gasteiger partial charge in [-0.1, -0.05) is 0 Å². The van der Waals surface area contributed by atoms with Gasteiger partial charge in [-0.15, -0.1) is 11.3 Å². The molecule has 1 aliphatic rings. The normalized spacial score (nSPS) is 24.4. The summed E-state index contributed by atoms with van der Waals surface area (Å²) in [5.74, 6) is -3.67. The highest BCUT2D eigenvalue weighted by Crippen LogP contribution is 2.36. The number of aliphatic hydroxyl groups excluding tert-OH is 1. The van der Waals surface area contributed by atoms with Gasteiger partial charge in [-0.05, 0) is 25.0 Å². The smallest absolute Gasteiger partial charge is 0.348 e. The van der Waals surface area contributed by atoms with Gasteiger partial charge in [-0.3, -0.25) is 4.90 Å². The minimum atomic E-state index is -3.26. The highest BCUT2D eigenvalue weighted by atomic mass is 32.1. The van der Waals surface area contributed by atoms with Crippen LogP contribution in [-0.4, -0.2) is 54.1 Å². The predicted octanol–water partition coefficient (Wildman–Crippen LogP) is 1.69. The van der Waals surface area contributed by atoms with Crippen molar-refractivity contribution < 1.29 is 28.2 Å². The Morgan fingerprint density at radius 2 is 2.32 bits per heavy atom. The zero-order valence-corrected chi connectivity index (χ0v) is 12.8. The highest BCUT2D eigenvalue weighted by Gasteiger charge is 2.52. The zero-order valence-electron chi connectivity index (χ0n) is 12.0. The van der Waals surface area contributed by atoms with E-state index >= 15 is 0 Å². The first kappa shape index (κ1) is 17.0. The van der Waals surface area contributed by atoms with Crippen LogP contribution in [0, 0.1) is 0 Å². The number of thiophene rings is 1. The van der Waals surface area contributed by atoms with Gasteiger partial charge in [-0.25, -0.2) is 13.6 Å². The third-order valence-corrected chi connectivity index (χ3v) is 4.77. The number of carbonyl (C=O) groups excluding carboxylic acids is 2. The Hall–Kier alpha value is -1.38. The molecule has 122 valence electrons. The summed E-state index contributed by atoms with van der Waals surface area (Å²) in [6.07, 6.45) is -1.05. The molecule has 1 fully saturated rings. The van der Waals surface area contributed by atoms with Crippen molar-refractivity contribution in [2.75, 3.05) is 13.7 Å². The third kappa shape index (κ3) is 3.50. The lowest BCUT2D eigenvalue weighted by Crippen LogP contribution is -2.42. The Morgan fingerprint density at radius 1 is 1.59 bits per heavy atom. The molecule has 5 nitrogen and oxygen atoms in total. The number of methoxy groups -OCH3 is 1. The van der Waals surface area contributed by atoms with Crippen LogP contribution in [0.4, 0.5) is 8.78 Å². The van der Waals surface area contributed by atoms with Crippen LogP contribution >= 0.6 is 11.3 Å². The quantitative estimate of drug-likeness (QED) is 0.634. The van der Waals surface area contributed by atoms with E-state index in [1.807, 2.05) is 0 Å². The number of esters is 1. The fourth-order valence-corrected chi connectivity index (χ4v) is 3.47. The summed E-state index contributed by atoms with van der Waals surface area (Å²) in [6, 6.07) is 2.47. The lowest BCUT2D eigenvalue weighted by molar-refractivity contribution is -0.134. The molecule has 22 heavy (non-hydrogen) atoms. The lowest BCUT2D eigenvalue weighted by atomic mass is 10.2. The number of hydrogen-bond acceptors (Lipinski definition) is 6. The second-order valence-electron chi connectivity index (χ2n) is 5.14. The number of likely N-dealkylation sites (tertiary alicyclic amines) is 1. The summed E-state index contributed by atoms with van der Waals surface area (Å²) in [6.45, 7) is 0.186. The van der Waals surface area contributed by atoms with Crippen molar-refractivity contribution >= 4 is 23.6 Å². The molecule has 1 aromatic rings. The molecule has 0 spiro atoms. The maximum atomic E-state index is 13.4. The topological polar surface area (TPSA) is 66.8 Å². The Morgan fingerprint density at radius 3 is 2.95 bits per heavy atom. The molecule has 1 saturated heterocycles. The SMILES string of the molecule is COC(=O)c1ccc(CCCN2C(O)C(F)(F)C[C@@H]2C=O)s1. The summed E-state index contributed by atoms with van der Waals surface area (Å²) >= 11 is 1.28. The molecule has 8 heteroatoms. The van der Waals surface area contributed by atoms with Crippen LogP contribution < -0.4 is 0 Å². The monoisotopic (exact) mass is 333 g/mol. The summed E-state index contributed by atoms with van der Waals surface area (Å²) < 4.78 is 31.4. The van der Waals surface area contributed by atoms with Crippen LogP contribution in [-0.2, 0) is 16.0 Å². The third-order valence-electron chi connectivity index (χ3n) is 3.64. The van der Waals surface area contributed by atoms with E-state index in [2.05, 4.69) is 4.74 Å². The molecule has 1 N–H and O–H groups in total. The average Bonchev–Trinajstić information content (AvgIpc) is 3.04. The lowest BCUT2D eigenvalue weighted by Gasteiger charge is -2.24. The van der Waals surface area contributed by atoms with E-state index in [0.717, 1.165) is 9.78 Å². The maximum absolute atomic E-state index is 13.4. The van der Waals surface area contributed by atoms with Crippen molar-refractivity contribution in [3.8, 4) is 0 Å². The second-order valence-corrected chi connectivity index (χ2v) is 6.31. The average molecular weight is 333 g/mol. The van der Waals surface area contributed by atoms with Gasteiger partial charge < -0.3 is 14.6 Å². The van der Waals surface area contributed by atoms with E-state index in [9.17, 15) is 23.5 Å². The zero-order chi connectivity index (χ0) is 16.3. The van der Waals surface area contributed by atoms with Crippen LogP contribution in [0.15, 0.2) is 12.1 Å². The van der Waals surface area contributed by atoms with Gasteiger partial charge in [0.25, 0.3) is 5.92 Å². The fourth-order valence-electron chi connectivity index (χ4n) is 2.50. The van der Waals surface area contributed by atoms with Gasteiger partial charge >= 0.3 is 5.97 Å². The maximum Gasteiger partial charge on any atom is 0.348 e. The second kappa shape index (κ2) is 6.80. The Kier molecular flexibility index (Phi) is 5.25. The predicted molar refractivity (Wildman–Crippen MR) is 76.1 cm³/mol. The van der Waals surface area contributed by atoms with Crippen molar-refractivity contribution in [1.29, 1.82) is 0 Å². The Bertz CT molecular complexity index is 549. The molecule has 2 atom stereocenters. The molecule has 0 aliphatic carbocycles. The fraction of sp³-hybridized carbons (Fsp3) is 0.571. The minimum Gasteiger partial charge on any atom is -0.465 e. The Labute approximate surface area is 130 Å². The van der Waals surface area contributed by atoms with Crippen LogP contribution in [0.5, 0.6) is 0 Å². The number of aryl methyl sites for hydroxylation is 1. The molecule has 2 rings (SSSR count). The largest absolute Gasteiger partial charge is 0.465 e. The first-order chi connectivity index (χ1) is 10.4. The van der Waals surface area contributed by atoms with Crippen molar-refractivity contribution in [2.24, 2.45) is 0 Å². The number of alkyl halides is 2. The van der Waals surface area contributed by atoms with Crippen LogP contribution in [0.1, 0.15) is 27.4 Å². The van der Waals surface area contributed by atoms with Crippen LogP contribution in [0.25, 0.3) is 0 Å². The van der Waals surface area contributed by atoms with E-state index in [1.165, 1.54) is 18.4 Å². The molecule has 0 bridgehead atoms. The number of nitrogens with zero attached hydrogens (tertiary/aromatic N) is 1. The summed E-state index contributed by atoms with van der Waals surface area (Å²) in [7, 11) is 1.30. The molecule has 0 amide bonds. The van der Waals surface area contributed by atoms with Gasteiger partial charge in [0.2, 0.25) is 0 Å². The van der Waals surface area contributed by atoms with Crippen molar-refractivity contribution in [3.05, 3.63) is 21.9 Å². The molecule has 0 radical (unpaired) electrons. The van der Waals surface area contributed by atoms with Crippen molar-refractivity contribution in [3.63, 3.8) is 0 Å². The van der Waals surface area contributed by atoms with Crippen LogP contribution in [0.2, 0.25) is 0 Å². The van der Waals surface area contributed by atoms with Gasteiger partial charge in [0.05, 0.1) is 13.2 Å². The van der Waals surface area contributed by atoms with E-state index in [0.29, 0.717) is 24.0 Å². The first-order valence-corrected chi connectivity index (χ1v) is 7.64. The number of ether oxygens (including phenoxy) is 1. The molecule has 0 aromatic carbocycles. The van der Waals surface area contributed by atoms with Crippen molar-refractivity contribution in [1.82, 2.24) is 4.90 Å². The van der Waals surface area contributed by atoms with Gasteiger partial charge in [-0.2, -0.15) is 0 Å². The number of carbonyl (C=O) groups is 2. The van der Waals surface area contributed by atoms with Crippen LogP contribution in [0.3, 0.4) is 0 Å². The van der Waals surface area contributed by atoms with Gasteiger partial charge in [0.15, 0.2) is 6.23 Å². The van der Waals surface area contributed by atoms with Crippen molar-refractivity contribution in [2.45, 2.75) is 37.5 Å². The number of aliphatic hydroxyl groups is 1. The molecule has 1 aromatic heterocycles. The molecule has 0 saturated carbocycles. The first-order valence-electron chi connectivity index (χ1n) is 6.83. The minimum absolute atomic E-state index is 0.186. The molecule has 1 aliphatic heterocycles. The number of hydrogen-bond donors (Lipinski definition) is 1. The van der Waals surface area contributed by atoms with E-state index < -0.39 is 30.6 Å². The standard InChI is InChI=1S/C14H17F2NO4S/c1-21-12(19)11-5-4-10(22-11)3-2-6-17-9(8-18)7-14(15,16)13(17)20/h4-5,8-9,13,20H,2-3,6-7H2,1H3/t9-,13?/m1/s1. The molecular weight excluding hydrogens is 316 g/mol. The number of halogens is 2. The number of rotatable bonds is 6. The van der Waals surface area contributed by atoms with E-state index in [-0.39, 0.29) is 6.54 Å². The molecular formula is C14H17F2NO4S. The summed E-state index contributed by atoms with van der Waals surface area (Å²) in [5, 5.41) is 9.58. The summed E-state index contributed by atoms with van der Waals surface area (Å²) in [5.41, 5.74) is 0.